The van der Waals surface area contributed by atoms with E-state index in [-0.39, 0.29) is 34.1 Å². The Morgan fingerprint density at radius 1 is 1.19 bits per heavy atom. The molecule has 1 rings (SSSR count). The molecule has 0 aliphatic carbocycles. The zero-order chi connectivity index (χ0) is 19.7. The molecule has 3 N–H and O–H groups in total. The largest absolute Gasteiger partial charge is 0.417 e. The number of rotatable bonds is 11. The lowest BCUT2D eigenvalue weighted by atomic mass is 9.87. The van der Waals surface area contributed by atoms with Crippen LogP contribution in [0.2, 0.25) is 18.2 Å². The zero-order valence-electron chi connectivity index (χ0n) is 15.6. The minimum atomic E-state index is -1.18. The molecular formula is C15H26ClN5O4Si. The number of hydrogen-bond acceptors (Lipinski definition) is 7. The quantitative estimate of drug-likeness (QED) is 0.171. The third-order valence-electron chi connectivity index (χ3n) is 3.31. The first-order chi connectivity index (χ1) is 12.2. The Morgan fingerprint density at radius 3 is 2.38 bits per heavy atom. The molecule has 0 saturated heterocycles. The summed E-state index contributed by atoms with van der Waals surface area (Å²) < 4.78 is 6.08. The summed E-state index contributed by atoms with van der Waals surface area (Å²) in [5.74, 6) is 0.113. The minimum Gasteiger partial charge on any atom is -0.417 e. The van der Waals surface area contributed by atoms with Gasteiger partial charge in [0.2, 0.25) is 18.8 Å². The summed E-state index contributed by atoms with van der Waals surface area (Å²) >= 11 is 5.99. The van der Waals surface area contributed by atoms with E-state index in [1.807, 2.05) is 0 Å². The van der Waals surface area contributed by atoms with Crippen molar-refractivity contribution in [2.24, 2.45) is 5.41 Å². The fourth-order valence-electron chi connectivity index (χ4n) is 2.13. The average Bonchev–Trinajstić information content (AvgIpc) is 2.52. The van der Waals surface area contributed by atoms with Gasteiger partial charge in [-0.15, -0.1) is 0 Å². The smallest absolute Gasteiger partial charge is 0.232 e. The molecule has 2 amide bonds. The van der Waals surface area contributed by atoms with Gasteiger partial charge in [-0.1, -0.05) is 32.4 Å². The van der Waals surface area contributed by atoms with Gasteiger partial charge in [0, 0.05) is 0 Å². The van der Waals surface area contributed by atoms with Gasteiger partial charge >= 0.3 is 0 Å². The maximum Gasteiger partial charge on any atom is 0.232 e. The molecule has 0 aliphatic heterocycles. The van der Waals surface area contributed by atoms with Gasteiger partial charge in [-0.05, 0) is 24.9 Å². The van der Waals surface area contributed by atoms with Crippen LogP contribution in [0.15, 0.2) is 0 Å². The molecular weight excluding hydrogens is 378 g/mol. The highest BCUT2D eigenvalue weighted by molar-refractivity contribution is 6.48. The number of hydrogen-bond donors (Lipinski definition) is 3. The molecule has 1 aromatic rings. The molecule has 0 spiro atoms. The summed E-state index contributed by atoms with van der Waals surface area (Å²) in [6.45, 7) is 11.0. The van der Waals surface area contributed by atoms with Crippen LogP contribution in [-0.4, -0.2) is 44.5 Å². The van der Waals surface area contributed by atoms with E-state index >= 15 is 0 Å². The van der Waals surface area contributed by atoms with Crippen LogP contribution in [0, 0.1) is 5.41 Å². The minimum absolute atomic E-state index is 0.00978. The number of carbonyl (C=O) groups excluding carboxylic acids is 2. The van der Waals surface area contributed by atoms with Crippen molar-refractivity contribution in [2.75, 3.05) is 22.7 Å². The maximum absolute atomic E-state index is 10.7. The number of nitrogens with one attached hydrogen (secondary N) is 3. The van der Waals surface area contributed by atoms with Crippen molar-refractivity contribution in [3.63, 3.8) is 0 Å². The van der Waals surface area contributed by atoms with Crippen molar-refractivity contribution in [1.29, 1.82) is 0 Å². The highest BCUT2D eigenvalue weighted by atomic mass is 35.5. The SMILES string of the molecule is C[SiH](C)OC(CCONc1nc(NC=O)nc(Cl)c1NC=O)C(C)(C)C. The zero-order valence-corrected chi connectivity index (χ0v) is 17.5. The first-order valence-electron chi connectivity index (χ1n) is 8.20. The lowest BCUT2D eigenvalue weighted by molar-refractivity contribution is -0.106. The molecule has 11 heteroatoms. The third-order valence-corrected chi connectivity index (χ3v) is 4.46. The van der Waals surface area contributed by atoms with Gasteiger partial charge in [0.15, 0.2) is 20.0 Å². The highest BCUT2D eigenvalue weighted by Gasteiger charge is 2.26. The molecule has 9 nitrogen and oxygen atoms in total. The average molecular weight is 404 g/mol. The van der Waals surface area contributed by atoms with Crippen molar-refractivity contribution < 1.29 is 18.9 Å². The summed E-state index contributed by atoms with van der Waals surface area (Å²) in [6, 6.07) is 0. The normalized spacial score (nSPS) is 12.6. The van der Waals surface area contributed by atoms with Crippen LogP contribution in [-0.2, 0) is 18.9 Å². The summed E-state index contributed by atoms with van der Waals surface area (Å²) in [5, 5.41) is 4.65. The Bertz CT molecular complexity index is 612. The van der Waals surface area contributed by atoms with Crippen LogP contribution in [0.1, 0.15) is 27.2 Å². The molecule has 1 aromatic heterocycles. The van der Waals surface area contributed by atoms with Gasteiger partial charge in [-0.25, -0.2) is 5.48 Å². The van der Waals surface area contributed by atoms with Crippen molar-refractivity contribution in [3.05, 3.63) is 5.15 Å². The van der Waals surface area contributed by atoms with Crippen molar-refractivity contribution in [3.8, 4) is 0 Å². The topological polar surface area (TPSA) is 114 Å². The van der Waals surface area contributed by atoms with Crippen LogP contribution in [0.3, 0.4) is 0 Å². The molecule has 1 unspecified atom stereocenters. The molecule has 1 heterocycles. The number of amides is 2. The molecule has 146 valence electrons. The Morgan fingerprint density at radius 2 is 1.85 bits per heavy atom. The molecule has 0 aliphatic rings. The van der Waals surface area contributed by atoms with Crippen LogP contribution >= 0.6 is 11.6 Å². The summed E-state index contributed by atoms with van der Waals surface area (Å²) in [5.41, 5.74) is 2.78. The third kappa shape index (κ3) is 7.24. The first kappa shape index (κ1) is 22.3. The second-order valence-electron chi connectivity index (χ2n) is 6.86. The molecule has 1 atom stereocenters. The van der Waals surface area contributed by atoms with E-state index < -0.39 is 9.04 Å². The van der Waals surface area contributed by atoms with Crippen LogP contribution in [0.4, 0.5) is 17.5 Å². The highest BCUT2D eigenvalue weighted by Crippen LogP contribution is 2.29. The van der Waals surface area contributed by atoms with Gasteiger partial charge in [0.1, 0.15) is 5.69 Å². The van der Waals surface area contributed by atoms with E-state index in [4.69, 9.17) is 20.9 Å². The summed E-state index contributed by atoms with van der Waals surface area (Å²) in [4.78, 5) is 34.6. The Balaban J connectivity index is 2.76. The van der Waals surface area contributed by atoms with Gasteiger partial charge < -0.3 is 9.74 Å². The number of anilines is 3. The number of halogens is 1. The fraction of sp³-hybridized carbons (Fsp3) is 0.600. The Kier molecular flexibility index (Phi) is 8.92. The predicted molar refractivity (Wildman–Crippen MR) is 104 cm³/mol. The number of nitrogens with zero attached hydrogens (tertiary/aromatic N) is 2. The van der Waals surface area contributed by atoms with E-state index in [0.29, 0.717) is 25.8 Å². The fourth-order valence-corrected chi connectivity index (χ4v) is 3.56. The molecule has 0 aromatic carbocycles. The van der Waals surface area contributed by atoms with Gasteiger partial charge in [0.25, 0.3) is 0 Å². The first-order valence-corrected chi connectivity index (χ1v) is 11.4. The monoisotopic (exact) mass is 403 g/mol. The number of carbonyl (C=O) groups is 2. The molecule has 0 radical (unpaired) electrons. The lowest BCUT2D eigenvalue weighted by Gasteiger charge is -2.32. The summed E-state index contributed by atoms with van der Waals surface area (Å²) in [7, 11) is -1.18. The number of aromatic nitrogens is 2. The lowest BCUT2D eigenvalue weighted by Crippen LogP contribution is -2.34. The predicted octanol–water partition coefficient (Wildman–Crippen LogP) is 2.41. The second kappa shape index (κ2) is 10.4. The summed E-state index contributed by atoms with van der Waals surface area (Å²) in [6.07, 6.45) is 1.60. The standard InChI is InChI=1S/C15H26ClN5O4Si/c1-15(2,3)10(25-26(4)5)6-7-24-21-13-11(17-8-22)12(16)19-14(20-13)18-9-23/h8-10,26H,6-7H2,1-5H3,(H,17,22)(H2,18,19,20,21,23). The van der Waals surface area contributed by atoms with Crippen molar-refractivity contribution >= 4 is 50.9 Å². The van der Waals surface area contributed by atoms with Crippen LogP contribution < -0.4 is 16.1 Å². The molecule has 0 fully saturated rings. The maximum atomic E-state index is 10.7. The van der Waals surface area contributed by atoms with E-state index in [1.165, 1.54) is 0 Å². The van der Waals surface area contributed by atoms with Crippen LogP contribution in [0.25, 0.3) is 0 Å². The van der Waals surface area contributed by atoms with Crippen molar-refractivity contribution in [1.82, 2.24) is 9.97 Å². The molecule has 0 saturated carbocycles. The van der Waals surface area contributed by atoms with Gasteiger partial charge in [0.05, 0.1) is 12.7 Å². The Labute approximate surface area is 159 Å². The van der Waals surface area contributed by atoms with E-state index in [0.717, 1.165) is 0 Å². The second-order valence-corrected chi connectivity index (χ2v) is 9.59. The van der Waals surface area contributed by atoms with Crippen LogP contribution in [0.5, 0.6) is 0 Å². The molecule has 0 bridgehead atoms. The molecule has 26 heavy (non-hydrogen) atoms. The van der Waals surface area contributed by atoms with E-state index in [9.17, 15) is 9.59 Å². The van der Waals surface area contributed by atoms with Crippen molar-refractivity contribution in [2.45, 2.75) is 46.4 Å². The van der Waals surface area contributed by atoms with Gasteiger partial charge in [-0.2, -0.15) is 9.97 Å². The Hall–Kier alpha value is -1.75. The van der Waals surface area contributed by atoms with E-state index in [1.54, 1.807) is 0 Å². The van der Waals surface area contributed by atoms with E-state index in [2.05, 4.69) is 59.9 Å². The van der Waals surface area contributed by atoms with Gasteiger partial charge in [-0.3, -0.25) is 19.7 Å².